The highest BCUT2D eigenvalue weighted by atomic mass is 16.6. The molecule has 1 aliphatic heterocycles. The summed E-state index contributed by atoms with van der Waals surface area (Å²) in [5, 5.41) is 11.3. The van der Waals surface area contributed by atoms with Crippen LogP contribution in [-0.4, -0.2) is 41.8 Å². The molecule has 1 N–H and O–H groups in total. The SMILES string of the molecule is CC(=O)O[C@@H]1CC2=C[C@@H](O)[C@H]3[C@@H]4CC[C@H](C(C)C=O)[C@@]4(C)CC[C@@H]3[C@@]2(C)[C@H]2O[C@@H]12. The van der Waals surface area contributed by atoms with Gasteiger partial charge in [0, 0.05) is 24.7 Å². The van der Waals surface area contributed by atoms with Crippen LogP contribution in [0.3, 0.4) is 0 Å². The molecule has 160 valence electrons. The number of esters is 1. The van der Waals surface area contributed by atoms with Gasteiger partial charge in [-0.3, -0.25) is 4.79 Å². The third-order valence-electron chi connectivity index (χ3n) is 9.71. The monoisotopic (exact) mass is 402 g/mol. The first-order valence-corrected chi connectivity index (χ1v) is 11.4. The minimum atomic E-state index is -0.466. The average Bonchev–Trinajstić information content (AvgIpc) is 3.40. The van der Waals surface area contributed by atoms with E-state index in [9.17, 15) is 14.7 Å². The van der Waals surface area contributed by atoms with Crippen LogP contribution in [0.4, 0.5) is 0 Å². The first kappa shape index (κ1) is 19.7. The van der Waals surface area contributed by atoms with Gasteiger partial charge in [-0.25, -0.2) is 0 Å². The van der Waals surface area contributed by atoms with E-state index in [1.165, 1.54) is 12.5 Å². The van der Waals surface area contributed by atoms with Gasteiger partial charge in [-0.15, -0.1) is 0 Å². The van der Waals surface area contributed by atoms with Crippen molar-refractivity contribution in [3.8, 4) is 0 Å². The van der Waals surface area contributed by atoms with E-state index in [1.807, 2.05) is 0 Å². The smallest absolute Gasteiger partial charge is 0.303 e. The average molecular weight is 403 g/mol. The molecule has 5 nitrogen and oxygen atoms in total. The topological polar surface area (TPSA) is 76.1 Å². The van der Waals surface area contributed by atoms with Gasteiger partial charge in [-0.1, -0.05) is 32.4 Å². The molecule has 0 aromatic carbocycles. The Hall–Kier alpha value is -1.20. The summed E-state index contributed by atoms with van der Waals surface area (Å²) in [5.41, 5.74) is 1.26. The molecule has 0 bridgehead atoms. The number of rotatable bonds is 3. The highest BCUT2D eigenvalue weighted by molar-refractivity contribution is 5.66. The maximum Gasteiger partial charge on any atom is 0.303 e. The maximum atomic E-state index is 11.5. The zero-order valence-corrected chi connectivity index (χ0v) is 18.0. The van der Waals surface area contributed by atoms with Gasteiger partial charge in [0.15, 0.2) is 0 Å². The number of aldehydes is 1. The number of fused-ring (bicyclic) bond motifs is 7. The van der Waals surface area contributed by atoms with Crippen molar-refractivity contribution in [1.82, 2.24) is 0 Å². The Morgan fingerprint density at radius 3 is 2.76 bits per heavy atom. The maximum absolute atomic E-state index is 11.5. The third-order valence-corrected chi connectivity index (χ3v) is 9.71. The molecule has 11 atom stereocenters. The molecule has 4 fully saturated rings. The largest absolute Gasteiger partial charge is 0.459 e. The van der Waals surface area contributed by atoms with Crippen LogP contribution in [0.2, 0.25) is 0 Å². The Morgan fingerprint density at radius 1 is 1.31 bits per heavy atom. The van der Waals surface area contributed by atoms with Crippen molar-refractivity contribution in [2.24, 2.45) is 40.4 Å². The highest BCUT2D eigenvalue weighted by Gasteiger charge is 2.69. The minimum Gasteiger partial charge on any atom is -0.459 e. The molecule has 4 aliphatic carbocycles. The molecular formula is C24H34O5. The Morgan fingerprint density at radius 2 is 2.07 bits per heavy atom. The number of aliphatic hydroxyl groups is 1. The van der Waals surface area contributed by atoms with Crippen molar-refractivity contribution in [3.05, 3.63) is 11.6 Å². The summed E-state index contributed by atoms with van der Waals surface area (Å²) in [4.78, 5) is 23.0. The minimum absolute atomic E-state index is 0.00309. The zero-order chi connectivity index (χ0) is 20.7. The fraction of sp³-hybridized carbons (Fsp3) is 0.833. The van der Waals surface area contributed by atoms with Gasteiger partial charge in [-0.05, 0) is 54.8 Å². The van der Waals surface area contributed by atoms with E-state index >= 15 is 0 Å². The first-order chi connectivity index (χ1) is 13.7. The number of carbonyl (C=O) groups is 2. The number of ether oxygens (including phenoxy) is 2. The van der Waals surface area contributed by atoms with E-state index in [1.54, 1.807) is 0 Å². The van der Waals surface area contributed by atoms with E-state index in [0.29, 0.717) is 24.2 Å². The lowest BCUT2D eigenvalue weighted by Gasteiger charge is -2.58. The van der Waals surface area contributed by atoms with Gasteiger partial charge in [0.25, 0.3) is 0 Å². The summed E-state index contributed by atoms with van der Waals surface area (Å²) in [6.45, 7) is 8.20. The van der Waals surface area contributed by atoms with Crippen molar-refractivity contribution in [2.45, 2.75) is 84.2 Å². The Balaban J connectivity index is 1.48. The van der Waals surface area contributed by atoms with Crippen molar-refractivity contribution in [1.29, 1.82) is 0 Å². The van der Waals surface area contributed by atoms with Crippen LogP contribution in [0.5, 0.6) is 0 Å². The Bertz CT molecular complexity index is 760. The lowest BCUT2D eigenvalue weighted by atomic mass is 9.46. The Kier molecular flexibility index (Phi) is 4.36. The molecule has 1 unspecified atom stereocenters. The van der Waals surface area contributed by atoms with Crippen molar-refractivity contribution in [3.63, 3.8) is 0 Å². The molecule has 3 saturated carbocycles. The number of hydrogen-bond donors (Lipinski definition) is 1. The van der Waals surface area contributed by atoms with Crippen LogP contribution in [0.1, 0.15) is 59.8 Å². The summed E-state index contributed by atoms with van der Waals surface area (Å²) < 4.78 is 11.6. The summed E-state index contributed by atoms with van der Waals surface area (Å²) in [6.07, 6.45) is 7.62. The molecule has 0 radical (unpaired) electrons. The molecule has 5 aliphatic rings. The fourth-order valence-electron chi connectivity index (χ4n) is 8.33. The number of hydrogen-bond acceptors (Lipinski definition) is 5. The van der Waals surface area contributed by atoms with E-state index in [2.05, 4.69) is 26.8 Å². The molecule has 0 aromatic heterocycles. The van der Waals surface area contributed by atoms with Crippen LogP contribution in [0.25, 0.3) is 0 Å². The zero-order valence-electron chi connectivity index (χ0n) is 18.0. The quantitative estimate of drug-likeness (QED) is 0.339. The summed E-state index contributed by atoms with van der Waals surface area (Å²) >= 11 is 0. The molecule has 29 heavy (non-hydrogen) atoms. The molecule has 0 spiro atoms. The predicted molar refractivity (Wildman–Crippen MR) is 107 cm³/mol. The van der Waals surface area contributed by atoms with E-state index < -0.39 is 6.10 Å². The molecular weight excluding hydrogens is 368 g/mol. The fourth-order valence-corrected chi connectivity index (χ4v) is 8.33. The van der Waals surface area contributed by atoms with E-state index in [4.69, 9.17) is 9.47 Å². The molecule has 0 aromatic rings. The molecule has 1 heterocycles. The predicted octanol–water partition coefficient (Wildman–Crippen LogP) is 3.29. The van der Waals surface area contributed by atoms with E-state index in [-0.39, 0.29) is 46.9 Å². The Labute approximate surface area is 173 Å². The van der Waals surface area contributed by atoms with Crippen LogP contribution >= 0.6 is 0 Å². The second-order valence-corrected chi connectivity index (χ2v) is 10.9. The van der Waals surface area contributed by atoms with Crippen LogP contribution < -0.4 is 0 Å². The van der Waals surface area contributed by atoms with Gasteiger partial charge < -0.3 is 19.4 Å². The van der Waals surface area contributed by atoms with Gasteiger partial charge in [0.2, 0.25) is 0 Å². The number of epoxide rings is 1. The highest BCUT2D eigenvalue weighted by Crippen LogP contribution is 2.69. The number of carbonyl (C=O) groups excluding carboxylic acids is 2. The molecule has 5 rings (SSSR count). The van der Waals surface area contributed by atoms with Crippen LogP contribution in [0.15, 0.2) is 11.6 Å². The van der Waals surface area contributed by atoms with Gasteiger partial charge in [-0.2, -0.15) is 0 Å². The van der Waals surface area contributed by atoms with Crippen LogP contribution in [0, 0.1) is 40.4 Å². The third kappa shape index (κ3) is 2.59. The van der Waals surface area contributed by atoms with Gasteiger partial charge in [0.05, 0.1) is 12.2 Å². The van der Waals surface area contributed by atoms with Crippen molar-refractivity contribution >= 4 is 12.3 Å². The van der Waals surface area contributed by atoms with Crippen molar-refractivity contribution in [2.75, 3.05) is 0 Å². The number of aliphatic hydroxyl groups excluding tert-OH is 1. The van der Waals surface area contributed by atoms with E-state index in [0.717, 1.165) is 32.0 Å². The summed E-state index contributed by atoms with van der Waals surface area (Å²) in [5.74, 6) is 1.29. The molecule has 0 amide bonds. The van der Waals surface area contributed by atoms with Crippen molar-refractivity contribution < 1.29 is 24.2 Å². The first-order valence-electron chi connectivity index (χ1n) is 11.4. The molecule has 5 heteroatoms. The lowest BCUT2D eigenvalue weighted by molar-refractivity contribution is -0.148. The summed E-state index contributed by atoms with van der Waals surface area (Å²) in [7, 11) is 0. The normalized spacial score (nSPS) is 53.5. The van der Waals surface area contributed by atoms with Gasteiger partial charge >= 0.3 is 5.97 Å². The standard InChI is InChI=1S/C24H34O5/c1-12(11-25)15-5-6-16-20-17(7-8-23(15,16)3)24(4)14(9-18(20)27)10-19(28-13(2)26)21-22(24)29-21/h9,11-12,15-22,27H,5-8,10H2,1-4H3/t12?,15-,16+,17+,18-,19-,20+,21+,22+,23-,24+/m1/s1. The second-order valence-electron chi connectivity index (χ2n) is 10.9. The lowest BCUT2D eigenvalue weighted by Crippen LogP contribution is -2.57. The molecule has 1 saturated heterocycles. The summed E-state index contributed by atoms with van der Waals surface area (Å²) in [6, 6.07) is 0. The van der Waals surface area contributed by atoms with Gasteiger partial charge in [0.1, 0.15) is 18.5 Å². The van der Waals surface area contributed by atoms with Crippen LogP contribution in [-0.2, 0) is 19.1 Å². The second kappa shape index (κ2) is 6.40.